The summed E-state index contributed by atoms with van der Waals surface area (Å²) in [6.07, 6.45) is 27.5. The molecule has 2 aliphatic rings. The molecule has 0 aliphatic heterocycles. The summed E-state index contributed by atoms with van der Waals surface area (Å²) >= 11 is 0. The van der Waals surface area contributed by atoms with Gasteiger partial charge in [0.2, 0.25) is 0 Å². The van der Waals surface area contributed by atoms with Gasteiger partial charge in [-0.25, -0.2) is 0 Å². The molecule has 0 spiro atoms. The number of ether oxygens (including phenoxy) is 2. The van der Waals surface area contributed by atoms with Crippen LogP contribution in [0.1, 0.15) is 281 Å². The Hall–Kier alpha value is -4.64. The topological polar surface area (TPSA) is 65.7 Å². The van der Waals surface area contributed by atoms with Crippen LogP contribution in [0.4, 0.5) is 0 Å². The van der Waals surface area contributed by atoms with Gasteiger partial charge in [-0.1, -0.05) is 191 Å². The summed E-state index contributed by atoms with van der Waals surface area (Å²) in [6, 6.07) is 14.7. The van der Waals surface area contributed by atoms with Gasteiger partial charge in [0.15, 0.2) is 11.6 Å². The number of carbonyl (C=O) groups excluding carboxylic acids is 2. The quantitative estimate of drug-likeness (QED) is 0.0438. The first-order valence-corrected chi connectivity index (χ1v) is 27.9. The summed E-state index contributed by atoms with van der Waals surface area (Å²) in [5, 5.41) is 2.50. The zero-order valence-electron chi connectivity index (χ0n) is 44.5. The number of furan rings is 1. The monoisotopic (exact) mass is 935 g/mol. The minimum atomic E-state index is -0.0541. The Kier molecular flexibility index (Phi) is 18.5. The Morgan fingerprint density at radius 2 is 0.942 bits per heavy atom. The van der Waals surface area contributed by atoms with Crippen molar-refractivity contribution in [3.8, 4) is 22.8 Å². The van der Waals surface area contributed by atoms with E-state index in [1.54, 1.807) is 0 Å². The second-order valence-electron chi connectivity index (χ2n) is 21.9. The number of fused-ring (bicyclic) bond motifs is 4. The van der Waals surface area contributed by atoms with Gasteiger partial charge < -0.3 is 13.9 Å². The predicted molar refractivity (Wildman–Crippen MR) is 291 cm³/mol. The number of hydrogen-bond acceptors (Lipinski definition) is 5. The molecule has 0 fully saturated rings. The van der Waals surface area contributed by atoms with Crippen LogP contribution in [-0.2, 0) is 0 Å². The van der Waals surface area contributed by atoms with Crippen LogP contribution in [0.2, 0.25) is 0 Å². The van der Waals surface area contributed by atoms with Crippen molar-refractivity contribution in [2.75, 3.05) is 13.2 Å². The van der Waals surface area contributed by atoms with E-state index in [9.17, 15) is 4.79 Å². The summed E-state index contributed by atoms with van der Waals surface area (Å²) in [5.41, 5.74) is 10.9. The number of unbranched alkanes of at least 4 members (excludes halogenated alkanes) is 18. The molecule has 1 aromatic heterocycles. The van der Waals surface area contributed by atoms with Gasteiger partial charge in [0, 0.05) is 38.4 Å². The van der Waals surface area contributed by atoms with Gasteiger partial charge in [0.05, 0.1) is 18.8 Å². The highest BCUT2D eigenvalue weighted by atomic mass is 16.5. The van der Waals surface area contributed by atoms with Crippen molar-refractivity contribution in [2.45, 2.75) is 221 Å². The van der Waals surface area contributed by atoms with E-state index in [4.69, 9.17) is 13.9 Å². The SMILES string of the molecule is CCCCCCCCCCCCOc1cc(C(C)C)c(C2=CC(=O)c3ccc4c5c(ccc2c35)C(=O)c2c-4oc3c(C(C)C)c(OCCCCCCCCCCCC)c(C(C)C)cc23)c(C(C)C)c1. The second kappa shape index (κ2) is 24.5. The van der Waals surface area contributed by atoms with Crippen molar-refractivity contribution in [2.24, 2.45) is 0 Å². The third-order valence-corrected chi connectivity index (χ3v) is 15.1. The summed E-state index contributed by atoms with van der Waals surface area (Å²) in [5.74, 6) is 2.97. The van der Waals surface area contributed by atoms with E-state index < -0.39 is 0 Å². The van der Waals surface area contributed by atoms with E-state index in [0.717, 1.165) is 85.9 Å². The molecule has 0 unspecified atom stereocenters. The van der Waals surface area contributed by atoms with E-state index in [0.29, 0.717) is 35.7 Å². The number of ketones is 2. The molecule has 69 heavy (non-hydrogen) atoms. The molecule has 0 bridgehead atoms. The van der Waals surface area contributed by atoms with Gasteiger partial charge in [0.25, 0.3) is 0 Å². The minimum Gasteiger partial charge on any atom is -0.494 e. The highest BCUT2D eigenvalue weighted by molar-refractivity contribution is 6.34. The normalized spacial score (nSPS) is 13.3. The summed E-state index contributed by atoms with van der Waals surface area (Å²) in [6.45, 7) is 23.7. The van der Waals surface area contributed by atoms with E-state index in [1.165, 1.54) is 120 Å². The second-order valence-corrected chi connectivity index (χ2v) is 21.9. The minimum absolute atomic E-state index is 0.0392. The molecule has 7 rings (SSSR count). The molecule has 0 atom stereocenters. The predicted octanol–water partition coefficient (Wildman–Crippen LogP) is 19.5. The van der Waals surface area contributed by atoms with Gasteiger partial charge in [-0.2, -0.15) is 0 Å². The third-order valence-electron chi connectivity index (χ3n) is 15.1. The van der Waals surface area contributed by atoms with Crippen LogP contribution < -0.4 is 9.47 Å². The van der Waals surface area contributed by atoms with Crippen LogP contribution in [0, 0.1) is 0 Å². The molecule has 5 nitrogen and oxygen atoms in total. The van der Waals surface area contributed by atoms with Crippen LogP contribution in [0.5, 0.6) is 11.5 Å². The molecule has 0 saturated carbocycles. The lowest BCUT2D eigenvalue weighted by molar-refractivity contribution is 0.103. The van der Waals surface area contributed by atoms with Gasteiger partial charge in [-0.3, -0.25) is 9.59 Å². The Morgan fingerprint density at radius 1 is 0.478 bits per heavy atom. The largest absolute Gasteiger partial charge is 0.494 e. The van der Waals surface area contributed by atoms with E-state index in [1.807, 2.05) is 24.3 Å². The molecule has 372 valence electrons. The Balaban J connectivity index is 1.19. The van der Waals surface area contributed by atoms with Gasteiger partial charge in [-0.15, -0.1) is 0 Å². The summed E-state index contributed by atoms with van der Waals surface area (Å²) < 4.78 is 20.3. The van der Waals surface area contributed by atoms with Crippen LogP contribution in [0.25, 0.3) is 38.6 Å². The van der Waals surface area contributed by atoms with Crippen molar-refractivity contribution in [1.29, 1.82) is 0 Å². The van der Waals surface area contributed by atoms with Gasteiger partial charge >= 0.3 is 0 Å². The van der Waals surface area contributed by atoms with Crippen LogP contribution in [-0.4, -0.2) is 24.8 Å². The van der Waals surface area contributed by atoms with Crippen molar-refractivity contribution in [1.82, 2.24) is 0 Å². The first-order chi connectivity index (χ1) is 33.4. The standard InChI is InChI=1S/C64H86O5/c1-11-13-15-17-19-21-23-25-27-29-35-67-45-37-50(41(3)4)57(51(38-45)42(5)6)53-40-55(65)47-32-34-49-59-48(33-31-46(53)58(47)59)61(66)60-54-39-52(43(7)8)62(56(44(9)10)64(54)69-63(49)60)68-36-30-28-26-24-22-20-18-16-14-12-2/h31-34,37-44H,11-30,35-36H2,1-10H3. The fourth-order valence-electron chi connectivity index (χ4n) is 11.2. The lowest BCUT2D eigenvalue weighted by Crippen LogP contribution is -2.15. The molecule has 5 aromatic rings. The Bertz CT molecular complexity index is 2570. The third kappa shape index (κ3) is 11.6. The molecular formula is C64H86O5. The number of rotatable bonds is 29. The zero-order chi connectivity index (χ0) is 49.2. The van der Waals surface area contributed by atoms with E-state index >= 15 is 4.79 Å². The molecule has 1 heterocycles. The Morgan fingerprint density at radius 3 is 1.46 bits per heavy atom. The smallest absolute Gasteiger partial charge is 0.198 e. The first kappa shape index (κ1) is 52.2. The maximum atomic E-state index is 15.1. The van der Waals surface area contributed by atoms with Crippen molar-refractivity contribution in [3.05, 3.63) is 98.6 Å². The maximum Gasteiger partial charge on any atom is 0.198 e. The molecule has 0 N–H and O–H groups in total. The number of hydrogen-bond donors (Lipinski definition) is 0. The maximum absolute atomic E-state index is 15.1. The number of benzene rings is 4. The van der Waals surface area contributed by atoms with Crippen LogP contribution >= 0.6 is 0 Å². The average Bonchev–Trinajstić information content (AvgIpc) is 3.71. The molecule has 0 radical (unpaired) electrons. The molecule has 4 aromatic carbocycles. The molecule has 2 aliphatic carbocycles. The summed E-state index contributed by atoms with van der Waals surface area (Å²) in [4.78, 5) is 29.6. The molecule has 0 amide bonds. The van der Waals surface area contributed by atoms with Gasteiger partial charge in [0.1, 0.15) is 22.8 Å². The lowest BCUT2D eigenvalue weighted by atomic mass is 9.75. The fourth-order valence-corrected chi connectivity index (χ4v) is 11.2. The molecule has 0 saturated heterocycles. The zero-order valence-corrected chi connectivity index (χ0v) is 44.5. The number of allylic oxidation sites excluding steroid dienone is 1. The average molecular weight is 935 g/mol. The van der Waals surface area contributed by atoms with Crippen molar-refractivity contribution in [3.63, 3.8) is 0 Å². The lowest BCUT2D eigenvalue weighted by Gasteiger charge is -2.28. The van der Waals surface area contributed by atoms with Gasteiger partial charge in [-0.05, 0) is 112 Å². The van der Waals surface area contributed by atoms with Crippen molar-refractivity contribution < 1.29 is 23.5 Å². The molecule has 5 heteroatoms. The van der Waals surface area contributed by atoms with E-state index in [-0.39, 0.29) is 35.2 Å². The van der Waals surface area contributed by atoms with E-state index in [2.05, 4.69) is 93.5 Å². The summed E-state index contributed by atoms with van der Waals surface area (Å²) in [7, 11) is 0. The highest BCUT2D eigenvalue weighted by Gasteiger charge is 2.37. The van der Waals surface area contributed by atoms with Crippen LogP contribution in [0.3, 0.4) is 0 Å². The number of carbonyl (C=O) groups is 2. The first-order valence-electron chi connectivity index (χ1n) is 27.9. The fraction of sp³-hybridized carbons (Fsp3) is 0.562. The van der Waals surface area contributed by atoms with Crippen molar-refractivity contribution >= 4 is 38.9 Å². The molecular weight excluding hydrogens is 849 g/mol. The Labute approximate surface area is 416 Å². The highest BCUT2D eigenvalue weighted by Crippen LogP contribution is 2.52. The van der Waals surface area contributed by atoms with Crippen LogP contribution in [0.15, 0.2) is 53.0 Å².